The van der Waals surface area contributed by atoms with Crippen LogP contribution in [0.2, 0.25) is 5.02 Å². The lowest BCUT2D eigenvalue weighted by Crippen LogP contribution is -2.50. The monoisotopic (exact) mass is 348 g/mol. The number of esters is 1. The van der Waals surface area contributed by atoms with Crippen molar-refractivity contribution < 1.29 is 14.3 Å². The summed E-state index contributed by atoms with van der Waals surface area (Å²) in [5.74, 6) is -0.956. The maximum absolute atomic E-state index is 12.4. The summed E-state index contributed by atoms with van der Waals surface area (Å²) in [5, 5.41) is 12.4. The van der Waals surface area contributed by atoms with Gasteiger partial charge < -0.3 is 10.1 Å². The highest BCUT2D eigenvalue weighted by molar-refractivity contribution is 6.30. The summed E-state index contributed by atoms with van der Waals surface area (Å²) >= 11 is 5.87. The third-order valence-corrected chi connectivity index (χ3v) is 4.91. The zero-order valence-corrected chi connectivity index (χ0v) is 14.8. The van der Waals surface area contributed by atoms with Gasteiger partial charge in [-0.3, -0.25) is 9.59 Å². The summed E-state index contributed by atoms with van der Waals surface area (Å²) in [6.07, 6.45) is 1.38. The summed E-state index contributed by atoms with van der Waals surface area (Å²) in [7, 11) is 0. The van der Waals surface area contributed by atoms with Crippen LogP contribution < -0.4 is 5.32 Å². The van der Waals surface area contributed by atoms with Crippen molar-refractivity contribution in [2.75, 3.05) is 6.61 Å². The molecule has 128 valence electrons. The van der Waals surface area contributed by atoms with Gasteiger partial charge in [-0.25, -0.2) is 0 Å². The molecule has 1 amide bonds. The van der Waals surface area contributed by atoms with Gasteiger partial charge in [-0.15, -0.1) is 0 Å². The Bertz CT molecular complexity index is 674. The van der Waals surface area contributed by atoms with Crippen molar-refractivity contribution in [3.05, 3.63) is 34.9 Å². The number of benzene rings is 1. The summed E-state index contributed by atoms with van der Waals surface area (Å²) in [6.45, 7) is 4.94. The first-order valence-electron chi connectivity index (χ1n) is 7.89. The van der Waals surface area contributed by atoms with Crippen LogP contribution in [0.1, 0.15) is 39.2 Å². The van der Waals surface area contributed by atoms with Crippen LogP contribution in [-0.2, 0) is 19.7 Å². The number of hydrogen-bond acceptors (Lipinski definition) is 4. The number of rotatable bonds is 6. The van der Waals surface area contributed by atoms with Gasteiger partial charge in [-0.2, -0.15) is 5.26 Å². The van der Waals surface area contributed by atoms with E-state index in [1.807, 2.05) is 26.0 Å². The fourth-order valence-corrected chi connectivity index (χ4v) is 2.53. The van der Waals surface area contributed by atoms with Gasteiger partial charge in [-0.1, -0.05) is 37.6 Å². The van der Waals surface area contributed by atoms with Gasteiger partial charge in [0.25, 0.3) is 5.91 Å². The Hall–Kier alpha value is -2.06. The topological polar surface area (TPSA) is 79.2 Å². The molecule has 0 aliphatic heterocycles. The minimum Gasteiger partial charge on any atom is -0.455 e. The number of nitrogens with one attached hydrogen (secondary N) is 1. The van der Waals surface area contributed by atoms with Crippen molar-refractivity contribution in [3.8, 4) is 6.07 Å². The minimum absolute atomic E-state index is 0.0639. The molecule has 24 heavy (non-hydrogen) atoms. The molecular formula is C18H21ClN2O3. The lowest BCUT2D eigenvalue weighted by atomic mass is 9.90. The molecule has 1 aromatic carbocycles. The lowest BCUT2D eigenvalue weighted by Gasteiger charge is -2.27. The Kier molecular flexibility index (Phi) is 5.19. The van der Waals surface area contributed by atoms with E-state index in [1.54, 1.807) is 19.1 Å². The van der Waals surface area contributed by atoms with Crippen molar-refractivity contribution in [2.24, 2.45) is 5.92 Å². The van der Waals surface area contributed by atoms with E-state index in [0.717, 1.165) is 5.56 Å². The Balaban J connectivity index is 1.95. The third-order valence-electron chi connectivity index (χ3n) is 4.66. The van der Waals surface area contributed by atoms with Crippen LogP contribution in [0.4, 0.5) is 0 Å². The maximum atomic E-state index is 12.4. The Morgan fingerprint density at radius 1 is 1.38 bits per heavy atom. The number of ether oxygens (including phenoxy) is 1. The number of carbonyl (C=O) groups is 2. The molecule has 0 bridgehead atoms. The van der Waals surface area contributed by atoms with Gasteiger partial charge in [0, 0.05) is 5.02 Å². The first kappa shape index (κ1) is 18.3. The number of nitriles is 1. The number of nitrogens with zero attached hydrogens (tertiary/aromatic N) is 1. The van der Waals surface area contributed by atoms with Gasteiger partial charge in [0.1, 0.15) is 5.54 Å². The normalized spacial score (nSPS) is 17.5. The van der Waals surface area contributed by atoms with Gasteiger partial charge in [0.2, 0.25) is 0 Å². The highest BCUT2D eigenvalue weighted by atomic mass is 35.5. The average Bonchev–Trinajstić information content (AvgIpc) is 3.34. The molecule has 0 spiro atoms. The molecule has 1 aromatic rings. The SMILES string of the molecule is CC(C)[C@@](C)(C#N)NC(=O)COC(=O)C1(c2ccc(Cl)cc2)CC1. The largest absolute Gasteiger partial charge is 0.455 e. The molecule has 0 heterocycles. The predicted octanol–water partition coefficient (Wildman–Crippen LogP) is 2.97. The standard InChI is InChI=1S/C18H21ClN2O3/c1-12(2)17(3,11-20)21-15(22)10-24-16(23)18(8-9-18)13-4-6-14(19)7-5-13/h4-7,12H,8-10H2,1-3H3,(H,21,22)/t17-/m1/s1. The van der Waals surface area contributed by atoms with Crippen LogP contribution in [0.15, 0.2) is 24.3 Å². The summed E-state index contributed by atoms with van der Waals surface area (Å²) in [5.41, 5.74) is -0.806. The molecule has 1 fully saturated rings. The first-order valence-corrected chi connectivity index (χ1v) is 8.27. The Labute approximate surface area is 146 Å². The fraction of sp³-hybridized carbons (Fsp3) is 0.500. The molecule has 0 aromatic heterocycles. The molecule has 1 atom stereocenters. The van der Waals surface area contributed by atoms with Gasteiger partial charge in [0.15, 0.2) is 6.61 Å². The maximum Gasteiger partial charge on any atom is 0.317 e. The van der Waals surface area contributed by atoms with Gasteiger partial charge in [0.05, 0.1) is 11.5 Å². The van der Waals surface area contributed by atoms with Crippen LogP contribution >= 0.6 is 11.6 Å². The number of amides is 1. The van der Waals surface area contributed by atoms with Crippen molar-refractivity contribution in [2.45, 2.75) is 44.6 Å². The van der Waals surface area contributed by atoms with E-state index in [-0.39, 0.29) is 5.92 Å². The number of halogens is 1. The number of carbonyl (C=O) groups excluding carboxylic acids is 2. The fourth-order valence-electron chi connectivity index (χ4n) is 2.40. The van der Waals surface area contributed by atoms with Crippen molar-refractivity contribution in [1.82, 2.24) is 5.32 Å². The molecule has 0 unspecified atom stereocenters. The van der Waals surface area contributed by atoms with Crippen LogP contribution in [0.25, 0.3) is 0 Å². The molecule has 1 N–H and O–H groups in total. The van der Waals surface area contributed by atoms with E-state index in [9.17, 15) is 14.9 Å². The van der Waals surface area contributed by atoms with E-state index >= 15 is 0 Å². The van der Waals surface area contributed by atoms with Crippen LogP contribution in [-0.4, -0.2) is 24.0 Å². The molecular weight excluding hydrogens is 328 g/mol. The first-order chi connectivity index (χ1) is 11.2. The Morgan fingerprint density at radius 3 is 2.42 bits per heavy atom. The Morgan fingerprint density at radius 2 is 1.96 bits per heavy atom. The lowest BCUT2D eigenvalue weighted by molar-refractivity contribution is -0.151. The predicted molar refractivity (Wildman–Crippen MR) is 90.3 cm³/mol. The van der Waals surface area contributed by atoms with Crippen LogP contribution in [0.3, 0.4) is 0 Å². The van der Waals surface area contributed by atoms with Crippen molar-refractivity contribution in [3.63, 3.8) is 0 Å². The smallest absolute Gasteiger partial charge is 0.317 e. The van der Waals surface area contributed by atoms with E-state index in [0.29, 0.717) is 17.9 Å². The molecule has 1 aliphatic rings. The average molecular weight is 349 g/mol. The third kappa shape index (κ3) is 3.70. The van der Waals surface area contributed by atoms with E-state index in [1.165, 1.54) is 0 Å². The van der Waals surface area contributed by atoms with Crippen molar-refractivity contribution >= 4 is 23.5 Å². The van der Waals surface area contributed by atoms with E-state index in [2.05, 4.69) is 11.4 Å². The molecule has 1 saturated carbocycles. The second kappa shape index (κ2) is 6.82. The van der Waals surface area contributed by atoms with E-state index < -0.39 is 29.4 Å². The zero-order valence-electron chi connectivity index (χ0n) is 14.1. The van der Waals surface area contributed by atoms with E-state index in [4.69, 9.17) is 16.3 Å². The molecule has 1 aliphatic carbocycles. The van der Waals surface area contributed by atoms with Crippen LogP contribution in [0, 0.1) is 17.2 Å². The molecule has 0 radical (unpaired) electrons. The molecule has 0 saturated heterocycles. The number of hydrogen-bond donors (Lipinski definition) is 1. The van der Waals surface area contributed by atoms with Crippen LogP contribution in [0.5, 0.6) is 0 Å². The minimum atomic E-state index is -0.989. The molecule has 2 rings (SSSR count). The molecule has 6 heteroatoms. The second-order valence-corrected chi connectivity index (χ2v) is 7.12. The van der Waals surface area contributed by atoms with Gasteiger partial charge in [-0.05, 0) is 43.4 Å². The quantitative estimate of drug-likeness (QED) is 0.801. The highest BCUT2D eigenvalue weighted by Gasteiger charge is 2.53. The van der Waals surface area contributed by atoms with Crippen molar-refractivity contribution in [1.29, 1.82) is 5.26 Å². The summed E-state index contributed by atoms with van der Waals surface area (Å²) in [6, 6.07) is 9.17. The summed E-state index contributed by atoms with van der Waals surface area (Å²) < 4.78 is 5.19. The zero-order chi connectivity index (χ0) is 18.0. The molecule has 5 nitrogen and oxygen atoms in total. The second-order valence-electron chi connectivity index (χ2n) is 6.68. The van der Waals surface area contributed by atoms with Gasteiger partial charge >= 0.3 is 5.97 Å². The summed E-state index contributed by atoms with van der Waals surface area (Å²) in [4.78, 5) is 24.4. The highest BCUT2D eigenvalue weighted by Crippen LogP contribution is 2.49.